The van der Waals surface area contributed by atoms with E-state index >= 15 is 0 Å². The zero-order valence-corrected chi connectivity index (χ0v) is 11.9. The Kier molecular flexibility index (Phi) is 4.10. The van der Waals surface area contributed by atoms with Gasteiger partial charge < -0.3 is 10.2 Å². The van der Waals surface area contributed by atoms with E-state index in [0.717, 1.165) is 10.8 Å². The number of sulfonamides is 1. The lowest BCUT2D eigenvalue weighted by Gasteiger charge is -2.20. The van der Waals surface area contributed by atoms with Gasteiger partial charge >= 0.3 is 0 Å². The molecule has 0 bridgehead atoms. The van der Waals surface area contributed by atoms with Gasteiger partial charge in [-0.05, 0) is 29.8 Å². The van der Waals surface area contributed by atoms with E-state index in [2.05, 4.69) is 4.72 Å². The van der Waals surface area contributed by atoms with E-state index < -0.39 is 22.2 Å². The van der Waals surface area contributed by atoms with Crippen molar-refractivity contribution in [2.45, 2.75) is 17.4 Å². The van der Waals surface area contributed by atoms with Gasteiger partial charge in [0, 0.05) is 6.54 Å². The molecule has 0 aliphatic heterocycles. The van der Waals surface area contributed by atoms with Crippen molar-refractivity contribution < 1.29 is 18.6 Å². The highest BCUT2D eigenvalue weighted by Gasteiger charge is 2.23. The monoisotopic (exact) mass is 295 g/mol. The number of aliphatic hydroxyl groups is 2. The third kappa shape index (κ3) is 3.34. The molecule has 0 aliphatic rings. The Morgan fingerprint density at radius 2 is 1.80 bits per heavy atom. The maximum Gasteiger partial charge on any atom is 0.240 e. The lowest BCUT2D eigenvalue weighted by Crippen LogP contribution is -2.43. The summed E-state index contributed by atoms with van der Waals surface area (Å²) in [6.07, 6.45) is 0. The minimum atomic E-state index is -3.72. The van der Waals surface area contributed by atoms with E-state index in [1.807, 2.05) is 24.3 Å². The second-order valence-electron chi connectivity index (χ2n) is 4.99. The van der Waals surface area contributed by atoms with Crippen molar-refractivity contribution in [2.75, 3.05) is 13.2 Å². The molecule has 0 heterocycles. The van der Waals surface area contributed by atoms with E-state index in [-0.39, 0.29) is 11.4 Å². The van der Waals surface area contributed by atoms with E-state index in [0.29, 0.717) is 0 Å². The third-order valence-corrected chi connectivity index (χ3v) is 4.41. The van der Waals surface area contributed by atoms with Crippen molar-refractivity contribution in [2.24, 2.45) is 0 Å². The molecule has 0 aliphatic carbocycles. The summed E-state index contributed by atoms with van der Waals surface area (Å²) < 4.78 is 26.6. The highest BCUT2D eigenvalue weighted by Crippen LogP contribution is 2.19. The molecule has 20 heavy (non-hydrogen) atoms. The van der Waals surface area contributed by atoms with Gasteiger partial charge in [0.1, 0.15) is 0 Å². The first-order chi connectivity index (χ1) is 9.34. The Balaban J connectivity index is 2.27. The van der Waals surface area contributed by atoms with Gasteiger partial charge in [-0.15, -0.1) is 0 Å². The first kappa shape index (κ1) is 14.9. The molecule has 2 aromatic rings. The summed E-state index contributed by atoms with van der Waals surface area (Å²) >= 11 is 0. The van der Waals surface area contributed by atoms with Crippen molar-refractivity contribution in [1.82, 2.24) is 4.72 Å². The van der Waals surface area contributed by atoms with Crippen molar-refractivity contribution >= 4 is 20.8 Å². The molecule has 0 radical (unpaired) electrons. The lowest BCUT2D eigenvalue weighted by molar-refractivity contribution is 0.00681. The van der Waals surface area contributed by atoms with E-state index in [4.69, 9.17) is 5.11 Å². The fourth-order valence-corrected chi connectivity index (χ4v) is 2.92. The van der Waals surface area contributed by atoms with Crippen molar-refractivity contribution in [3.63, 3.8) is 0 Å². The predicted molar refractivity (Wildman–Crippen MR) is 76.8 cm³/mol. The SMILES string of the molecule is CC(O)(CO)CNS(=O)(=O)c1ccc2ccccc2c1. The van der Waals surface area contributed by atoms with Gasteiger partial charge in [-0.1, -0.05) is 30.3 Å². The quantitative estimate of drug-likeness (QED) is 0.763. The van der Waals surface area contributed by atoms with Crippen LogP contribution < -0.4 is 4.72 Å². The maximum atomic E-state index is 12.1. The van der Waals surface area contributed by atoms with E-state index in [1.54, 1.807) is 12.1 Å². The van der Waals surface area contributed by atoms with Gasteiger partial charge in [-0.3, -0.25) is 0 Å². The molecule has 2 rings (SSSR count). The topological polar surface area (TPSA) is 86.6 Å². The zero-order valence-electron chi connectivity index (χ0n) is 11.1. The molecule has 0 fully saturated rings. The predicted octanol–water partition coefficient (Wildman–Crippen LogP) is 0.861. The van der Waals surface area contributed by atoms with Gasteiger partial charge in [-0.2, -0.15) is 0 Å². The van der Waals surface area contributed by atoms with Crippen LogP contribution in [0.15, 0.2) is 47.4 Å². The zero-order chi connectivity index (χ0) is 14.8. The summed E-state index contributed by atoms with van der Waals surface area (Å²) in [5.41, 5.74) is -1.48. The average molecular weight is 295 g/mol. The largest absolute Gasteiger partial charge is 0.393 e. The summed E-state index contributed by atoms with van der Waals surface area (Å²) in [5.74, 6) is 0. The van der Waals surface area contributed by atoms with Gasteiger partial charge in [-0.25, -0.2) is 13.1 Å². The van der Waals surface area contributed by atoms with Crippen LogP contribution >= 0.6 is 0 Å². The normalized spacial score (nSPS) is 15.2. The van der Waals surface area contributed by atoms with E-state index in [9.17, 15) is 13.5 Å². The molecule has 0 amide bonds. The highest BCUT2D eigenvalue weighted by molar-refractivity contribution is 7.89. The summed E-state index contributed by atoms with van der Waals surface area (Å²) in [4.78, 5) is 0.130. The van der Waals surface area contributed by atoms with Crippen molar-refractivity contribution in [1.29, 1.82) is 0 Å². The molecular formula is C14H17NO4S. The summed E-state index contributed by atoms with van der Waals surface area (Å²) in [6.45, 7) is 0.585. The van der Waals surface area contributed by atoms with Crippen LogP contribution in [0.1, 0.15) is 6.92 Å². The molecule has 0 spiro atoms. The van der Waals surface area contributed by atoms with Crippen LogP contribution in [0.5, 0.6) is 0 Å². The second-order valence-corrected chi connectivity index (χ2v) is 6.76. The van der Waals surface area contributed by atoms with Crippen LogP contribution in [0.25, 0.3) is 10.8 Å². The Morgan fingerprint density at radius 3 is 2.45 bits per heavy atom. The van der Waals surface area contributed by atoms with Gasteiger partial charge in [0.15, 0.2) is 0 Å². The van der Waals surface area contributed by atoms with Crippen LogP contribution in [0.3, 0.4) is 0 Å². The summed E-state index contributed by atoms with van der Waals surface area (Å²) in [5, 5.41) is 20.3. The number of aliphatic hydroxyl groups excluding tert-OH is 1. The molecule has 0 saturated carbocycles. The molecule has 5 nitrogen and oxygen atoms in total. The van der Waals surface area contributed by atoms with Crippen LogP contribution in [0, 0.1) is 0 Å². The number of rotatable bonds is 5. The second kappa shape index (κ2) is 5.49. The van der Waals surface area contributed by atoms with Gasteiger partial charge in [0.25, 0.3) is 0 Å². The molecule has 6 heteroatoms. The van der Waals surface area contributed by atoms with Crippen molar-refractivity contribution in [3.05, 3.63) is 42.5 Å². The minimum absolute atomic E-state index is 0.130. The first-order valence-electron chi connectivity index (χ1n) is 6.16. The average Bonchev–Trinajstić information content (AvgIpc) is 2.45. The molecule has 0 saturated heterocycles. The number of hydrogen-bond donors (Lipinski definition) is 3. The molecule has 1 unspecified atom stereocenters. The Bertz CT molecular complexity index is 710. The molecule has 2 aromatic carbocycles. The summed E-state index contributed by atoms with van der Waals surface area (Å²) in [7, 11) is -3.72. The van der Waals surface area contributed by atoms with Crippen LogP contribution in [-0.4, -0.2) is 37.4 Å². The number of fused-ring (bicyclic) bond motifs is 1. The molecule has 0 aromatic heterocycles. The smallest absolute Gasteiger partial charge is 0.240 e. The fraction of sp³-hybridized carbons (Fsp3) is 0.286. The van der Waals surface area contributed by atoms with Gasteiger partial charge in [0.2, 0.25) is 10.0 Å². The third-order valence-electron chi connectivity index (χ3n) is 3.01. The Morgan fingerprint density at radius 1 is 1.15 bits per heavy atom. The minimum Gasteiger partial charge on any atom is -0.393 e. The fourth-order valence-electron chi connectivity index (χ4n) is 1.72. The number of hydrogen-bond acceptors (Lipinski definition) is 4. The van der Waals surface area contributed by atoms with Crippen LogP contribution in [0.4, 0.5) is 0 Å². The lowest BCUT2D eigenvalue weighted by atomic mass is 10.1. The molecule has 108 valence electrons. The molecular weight excluding hydrogens is 278 g/mol. The van der Waals surface area contributed by atoms with E-state index in [1.165, 1.54) is 13.0 Å². The maximum absolute atomic E-state index is 12.1. The molecule has 3 N–H and O–H groups in total. The van der Waals surface area contributed by atoms with Crippen molar-refractivity contribution in [3.8, 4) is 0 Å². The van der Waals surface area contributed by atoms with Crippen LogP contribution in [0.2, 0.25) is 0 Å². The Hall–Kier alpha value is -1.47. The number of nitrogens with one attached hydrogen (secondary N) is 1. The first-order valence-corrected chi connectivity index (χ1v) is 7.64. The number of benzene rings is 2. The summed E-state index contributed by atoms with van der Waals surface area (Å²) in [6, 6.07) is 12.3. The Labute approximate surface area is 117 Å². The van der Waals surface area contributed by atoms with Gasteiger partial charge in [0.05, 0.1) is 17.1 Å². The highest BCUT2D eigenvalue weighted by atomic mass is 32.2. The standard InChI is InChI=1S/C14H17NO4S/c1-14(17,10-16)9-15-20(18,19)13-7-6-11-4-2-3-5-12(11)8-13/h2-8,15-17H,9-10H2,1H3. The van der Waals surface area contributed by atoms with Crippen LogP contribution in [-0.2, 0) is 10.0 Å². The molecule has 1 atom stereocenters.